The van der Waals surface area contributed by atoms with E-state index in [2.05, 4.69) is 20.3 Å². The van der Waals surface area contributed by atoms with Crippen molar-refractivity contribution in [3.8, 4) is 11.3 Å². The molecule has 0 radical (unpaired) electrons. The molecule has 0 aliphatic heterocycles. The molecule has 0 aliphatic rings. The molecule has 4 rings (SSSR count). The third kappa shape index (κ3) is 2.73. The Morgan fingerprint density at radius 2 is 2.12 bits per heavy atom. The van der Waals surface area contributed by atoms with Crippen LogP contribution in [0.4, 0.5) is 0 Å². The van der Waals surface area contributed by atoms with Gasteiger partial charge in [-0.15, -0.1) is 11.3 Å². The third-order valence-electron chi connectivity index (χ3n) is 3.66. The number of imidazole rings is 1. The first-order valence-corrected chi connectivity index (χ1v) is 8.67. The molecule has 1 N–H and O–H groups in total. The number of hydrogen-bond donors (Lipinski definition) is 1. The molecule has 124 valence electrons. The van der Waals surface area contributed by atoms with Crippen molar-refractivity contribution in [1.29, 1.82) is 0 Å². The zero-order valence-corrected chi connectivity index (χ0v) is 14.7. The largest absolute Gasteiger partial charge is 0.296 e. The van der Waals surface area contributed by atoms with Gasteiger partial charge < -0.3 is 0 Å². The number of aromatic amines is 1. The summed E-state index contributed by atoms with van der Waals surface area (Å²) in [5.74, 6) is 0. The van der Waals surface area contributed by atoms with E-state index >= 15 is 0 Å². The fraction of sp³-hybridized carbons (Fsp3) is 0.0625. The van der Waals surface area contributed by atoms with Gasteiger partial charge in [0.15, 0.2) is 4.96 Å². The van der Waals surface area contributed by atoms with Crippen LogP contribution in [0.5, 0.6) is 0 Å². The molecule has 0 fully saturated rings. The van der Waals surface area contributed by atoms with Crippen molar-refractivity contribution in [3.63, 3.8) is 0 Å². The minimum atomic E-state index is -0.354. The van der Waals surface area contributed by atoms with E-state index in [-0.39, 0.29) is 10.3 Å². The number of aryl methyl sites for hydroxylation is 1. The molecule has 7 nitrogen and oxygen atoms in total. The topological polar surface area (TPSA) is 80.3 Å². The summed E-state index contributed by atoms with van der Waals surface area (Å²) in [4.78, 5) is 17.7. The molecule has 0 amide bonds. The second-order valence-electron chi connectivity index (χ2n) is 5.24. The Hall–Kier alpha value is -2.91. The predicted molar refractivity (Wildman–Crippen MR) is 99.9 cm³/mol. The van der Waals surface area contributed by atoms with Crippen LogP contribution in [0.25, 0.3) is 16.2 Å². The van der Waals surface area contributed by atoms with Gasteiger partial charge >= 0.3 is 0 Å². The number of benzene rings is 1. The van der Waals surface area contributed by atoms with Crippen molar-refractivity contribution in [2.24, 2.45) is 5.10 Å². The van der Waals surface area contributed by atoms with E-state index in [4.69, 9.17) is 12.2 Å². The number of aromatic nitrogens is 5. The van der Waals surface area contributed by atoms with Crippen molar-refractivity contribution in [2.45, 2.75) is 6.92 Å². The van der Waals surface area contributed by atoms with Gasteiger partial charge in [-0.05, 0) is 19.1 Å². The van der Waals surface area contributed by atoms with Gasteiger partial charge in [-0.25, -0.2) is 4.98 Å². The van der Waals surface area contributed by atoms with Crippen LogP contribution in [0.3, 0.4) is 0 Å². The van der Waals surface area contributed by atoms with Gasteiger partial charge in [-0.3, -0.25) is 14.3 Å². The molecule has 4 aromatic rings. The molecule has 0 saturated heterocycles. The average Bonchev–Trinajstić information content (AvgIpc) is 3.21. The molecule has 1 aromatic carbocycles. The summed E-state index contributed by atoms with van der Waals surface area (Å²) in [7, 11) is 0. The molecule has 0 atom stereocenters. The molecule has 25 heavy (non-hydrogen) atoms. The molecule has 9 heteroatoms. The summed E-state index contributed by atoms with van der Waals surface area (Å²) in [5.41, 5.74) is 2.49. The van der Waals surface area contributed by atoms with Crippen molar-refractivity contribution >= 4 is 34.7 Å². The first-order valence-electron chi connectivity index (χ1n) is 7.39. The fourth-order valence-electron chi connectivity index (χ4n) is 2.42. The lowest BCUT2D eigenvalue weighted by Gasteiger charge is -2.01. The molecule has 0 unspecified atom stereocenters. The first-order chi connectivity index (χ1) is 12.1. The molecular formula is C16H12N6OS2. The summed E-state index contributed by atoms with van der Waals surface area (Å²) in [6.07, 6.45) is 3.52. The fourth-order valence-corrected chi connectivity index (χ4v) is 3.32. The standard InChI is InChI=1S/C16H12N6OS2/c1-10-14(23)22(15(24)20-19-10)17-9-12-13(11-5-3-2-4-6-11)18-16-21(12)7-8-25-16/h2-9H,1H3,(H,20,24)/b17-9+. The van der Waals surface area contributed by atoms with E-state index in [0.717, 1.165) is 26.6 Å². The van der Waals surface area contributed by atoms with Crippen LogP contribution in [-0.2, 0) is 0 Å². The molecule has 3 heterocycles. The highest BCUT2D eigenvalue weighted by molar-refractivity contribution is 7.71. The second-order valence-corrected chi connectivity index (χ2v) is 6.50. The summed E-state index contributed by atoms with van der Waals surface area (Å²) in [6.45, 7) is 1.60. The summed E-state index contributed by atoms with van der Waals surface area (Å²) in [6, 6.07) is 9.83. The molecular weight excluding hydrogens is 356 g/mol. The van der Waals surface area contributed by atoms with E-state index in [1.54, 1.807) is 13.1 Å². The summed E-state index contributed by atoms with van der Waals surface area (Å²) in [5, 5.41) is 12.7. The summed E-state index contributed by atoms with van der Waals surface area (Å²) < 4.78 is 3.19. The SMILES string of the molecule is Cc1n[nH]c(=S)n(/N=C/c2c(-c3ccccc3)nc3sccn23)c1=O. The van der Waals surface area contributed by atoms with Crippen molar-refractivity contribution in [2.75, 3.05) is 0 Å². The van der Waals surface area contributed by atoms with Gasteiger partial charge in [0.1, 0.15) is 5.69 Å². The second kappa shape index (κ2) is 6.19. The Morgan fingerprint density at radius 1 is 1.32 bits per heavy atom. The maximum absolute atomic E-state index is 12.2. The predicted octanol–water partition coefficient (Wildman–Crippen LogP) is 2.87. The van der Waals surface area contributed by atoms with Gasteiger partial charge in [-0.1, -0.05) is 30.3 Å². The highest BCUT2D eigenvalue weighted by atomic mass is 32.1. The molecule has 0 aliphatic carbocycles. The normalized spacial score (nSPS) is 11.6. The number of thiazole rings is 1. The third-order valence-corrected chi connectivity index (χ3v) is 4.68. The number of nitrogens with one attached hydrogen (secondary N) is 1. The minimum Gasteiger partial charge on any atom is -0.289 e. The number of H-pyrrole nitrogens is 1. The van der Waals surface area contributed by atoms with Crippen LogP contribution in [0.15, 0.2) is 51.8 Å². The number of nitrogens with zero attached hydrogens (tertiary/aromatic N) is 5. The van der Waals surface area contributed by atoms with Crippen LogP contribution in [0, 0.1) is 11.7 Å². The van der Waals surface area contributed by atoms with E-state index in [1.807, 2.05) is 46.3 Å². The Bertz CT molecular complexity index is 1200. The molecule has 3 aromatic heterocycles. The number of fused-ring (bicyclic) bond motifs is 1. The smallest absolute Gasteiger partial charge is 0.289 e. The zero-order valence-electron chi connectivity index (χ0n) is 13.1. The highest BCUT2D eigenvalue weighted by Gasteiger charge is 2.13. The number of hydrogen-bond acceptors (Lipinski definition) is 6. The monoisotopic (exact) mass is 368 g/mol. The van der Waals surface area contributed by atoms with Gasteiger partial charge in [0.25, 0.3) is 5.56 Å². The first kappa shape index (κ1) is 15.6. The quantitative estimate of drug-likeness (QED) is 0.445. The van der Waals surface area contributed by atoms with E-state index in [0.29, 0.717) is 5.69 Å². The van der Waals surface area contributed by atoms with E-state index < -0.39 is 0 Å². The average molecular weight is 368 g/mol. The molecule has 0 bridgehead atoms. The highest BCUT2D eigenvalue weighted by Crippen LogP contribution is 2.25. The van der Waals surface area contributed by atoms with Gasteiger partial charge in [0, 0.05) is 17.1 Å². The lowest BCUT2D eigenvalue weighted by molar-refractivity contribution is 0.720. The number of rotatable bonds is 3. The molecule has 0 saturated carbocycles. The molecule has 0 spiro atoms. The summed E-state index contributed by atoms with van der Waals surface area (Å²) >= 11 is 6.64. The van der Waals surface area contributed by atoms with E-state index in [9.17, 15) is 4.79 Å². The van der Waals surface area contributed by atoms with Crippen molar-refractivity contribution < 1.29 is 0 Å². The van der Waals surface area contributed by atoms with Crippen molar-refractivity contribution in [3.05, 3.63) is 68.4 Å². The van der Waals surface area contributed by atoms with Crippen LogP contribution in [-0.4, -0.2) is 30.5 Å². The minimum absolute atomic E-state index is 0.138. The lowest BCUT2D eigenvalue weighted by atomic mass is 10.1. The van der Waals surface area contributed by atoms with Gasteiger partial charge in [0.05, 0.1) is 17.6 Å². The maximum Gasteiger partial charge on any atom is 0.296 e. The zero-order chi connectivity index (χ0) is 17.4. The van der Waals surface area contributed by atoms with Crippen molar-refractivity contribution in [1.82, 2.24) is 24.3 Å². The Balaban J connectivity index is 1.90. The van der Waals surface area contributed by atoms with Crippen LogP contribution in [0.1, 0.15) is 11.4 Å². The van der Waals surface area contributed by atoms with Gasteiger partial charge in [0.2, 0.25) is 4.77 Å². The van der Waals surface area contributed by atoms with Gasteiger partial charge in [-0.2, -0.15) is 14.9 Å². The maximum atomic E-state index is 12.2. The lowest BCUT2D eigenvalue weighted by Crippen LogP contribution is -2.22. The Morgan fingerprint density at radius 3 is 2.92 bits per heavy atom. The Kier molecular flexibility index (Phi) is 3.86. The van der Waals surface area contributed by atoms with Crippen LogP contribution in [0.2, 0.25) is 0 Å². The van der Waals surface area contributed by atoms with E-state index in [1.165, 1.54) is 11.3 Å². The van der Waals surface area contributed by atoms with Crippen LogP contribution >= 0.6 is 23.6 Å². The Labute approximate surface area is 150 Å². The van der Waals surface area contributed by atoms with Crippen LogP contribution < -0.4 is 5.56 Å².